The molecule has 132 valence electrons. The lowest BCUT2D eigenvalue weighted by Gasteiger charge is -2.17. The van der Waals surface area contributed by atoms with Crippen molar-refractivity contribution >= 4 is 23.5 Å². The molecule has 1 atom stereocenters. The van der Waals surface area contributed by atoms with Crippen LogP contribution in [-0.4, -0.2) is 29.0 Å². The largest absolute Gasteiger partial charge is 0.416 e. The summed E-state index contributed by atoms with van der Waals surface area (Å²) in [6, 6.07) is 3.60. The lowest BCUT2D eigenvalue weighted by molar-refractivity contribution is -0.137. The number of halogens is 4. The highest BCUT2D eigenvalue weighted by atomic mass is 35.5. The zero-order valence-corrected chi connectivity index (χ0v) is 13.5. The van der Waals surface area contributed by atoms with Crippen LogP contribution in [0.4, 0.5) is 18.0 Å². The van der Waals surface area contributed by atoms with E-state index in [1.807, 2.05) is 5.32 Å². The van der Waals surface area contributed by atoms with Crippen molar-refractivity contribution in [1.29, 1.82) is 0 Å². The first kappa shape index (κ1) is 18.7. The van der Waals surface area contributed by atoms with Crippen LogP contribution < -0.4 is 10.6 Å². The molecule has 0 saturated carbocycles. The highest BCUT2D eigenvalue weighted by molar-refractivity contribution is 6.31. The Bertz CT molecular complexity index is 798. The lowest BCUT2D eigenvalue weighted by atomic mass is 9.97. The van der Waals surface area contributed by atoms with Gasteiger partial charge in [0.15, 0.2) is 0 Å². The highest BCUT2D eigenvalue weighted by Crippen LogP contribution is 2.33. The number of carbonyl (C=O) groups excluding carboxylic acids is 2. The Balaban J connectivity index is 2.54. The van der Waals surface area contributed by atoms with Crippen LogP contribution >= 0.6 is 11.6 Å². The third kappa shape index (κ3) is 4.44. The number of amides is 3. The molecule has 2 aromatic rings. The van der Waals surface area contributed by atoms with Gasteiger partial charge in [-0.05, 0) is 24.3 Å². The number of nitrogens with one attached hydrogen (secondary N) is 2. The fourth-order valence-electron chi connectivity index (χ4n) is 2.04. The number of hydrogen-bond acceptors (Lipinski definition) is 4. The molecule has 3 amide bonds. The van der Waals surface area contributed by atoms with Crippen molar-refractivity contribution in [1.82, 2.24) is 20.6 Å². The zero-order chi connectivity index (χ0) is 18.6. The summed E-state index contributed by atoms with van der Waals surface area (Å²) in [4.78, 5) is 31.6. The van der Waals surface area contributed by atoms with E-state index in [9.17, 15) is 22.8 Å². The molecule has 2 aromatic heterocycles. The van der Waals surface area contributed by atoms with Crippen LogP contribution in [0.5, 0.6) is 0 Å². The van der Waals surface area contributed by atoms with Crippen molar-refractivity contribution in [2.24, 2.45) is 0 Å². The summed E-state index contributed by atoms with van der Waals surface area (Å²) in [5.74, 6) is -2.31. The van der Waals surface area contributed by atoms with Crippen molar-refractivity contribution in [2.45, 2.75) is 12.1 Å². The molecule has 1 unspecified atom stereocenters. The normalized spacial score (nSPS) is 12.4. The molecule has 0 aromatic carbocycles. The van der Waals surface area contributed by atoms with Gasteiger partial charge in [0, 0.05) is 19.4 Å². The van der Waals surface area contributed by atoms with Crippen LogP contribution in [0.3, 0.4) is 0 Å². The smallest absolute Gasteiger partial charge is 0.341 e. The van der Waals surface area contributed by atoms with Gasteiger partial charge < -0.3 is 5.32 Å². The molecule has 0 bridgehead atoms. The predicted molar refractivity (Wildman–Crippen MR) is 82.9 cm³/mol. The van der Waals surface area contributed by atoms with Crippen molar-refractivity contribution in [3.8, 4) is 0 Å². The van der Waals surface area contributed by atoms with Gasteiger partial charge in [-0.3, -0.25) is 20.1 Å². The van der Waals surface area contributed by atoms with Gasteiger partial charge in [-0.15, -0.1) is 0 Å². The minimum Gasteiger partial charge on any atom is -0.341 e. The van der Waals surface area contributed by atoms with Gasteiger partial charge in [-0.2, -0.15) is 13.2 Å². The topological polar surface area (TPSA) is 84.0 Å². The number of hydrogen-bond donors (Lipinski definition) is 2. The molecule has 2 N–H and O–H groups in total. The standard InChI is InChI=1S/C15H12ClF3N4O2/c1-20-14(25)23-13(24)11(12-9(16)3-2-5-22-12)10-7-8(4-6-21-10)15(17,18)19/h2-7,11H,1H3,(H2,20,23,24,25). The van der Waals surface area contributed by atoms with E-state index in [1.165, 1.54) is 25.4 Å². The first-order valence-electron chi connectivity index (χ1n) is 6.90. The van der Waals surface area contributed by atoms with Crippen molar-refractivity contribution in [2.75, 3.05) is 7.05 Å². The Morgan fingerprint density at radius 3 is 2.52 bits per heavy atom. The van der Waals surface area contributed by atoms with Crippen LogP contribution in [0.2, 0.25) is 5.02 Å². The Morgan fingerprint density at radius 2 is 1.92 bits per heavy atom. The van der Waals surface area contributed by atoms with Crippen LogP contribution in [0, 0.1) is 0 Å². The van der Waals surface area contributed by atoms with Crippen molar-refractivity contribution in [3.05, 3.63) is 58.6 Å². The SMILES string of the molecule is CNC(=O)NC(=O)C(c1cc(C(F)(F)F)ccn1)c1ncccc1Cl. The second kappa shape index (κ2) is 7.47. The summed E-state index contributed by atoms with van der Waals surface area (Å²) in [5, 5.41) is 4.24. The zero-order valence-electron chi connectivity index (χ0n) is 12.8. The molecule has 0 aliphatic heterocycles. The quantitative estimate of drug-likeness (QED) is 0.867. The number of pyridine rings is 2. The fraction of sp³-hybridized carbons (Fsp3) is 0.200. The van der Waals surface area contributed by atoms with E-state index in [1.54, 1.807) is 0 Å². The lowest BCUT2D eigenvalue weighted by Crippen LogP contribution is -2.41. The maximum Gasteiger partial charge on any atom is 0.416 e. The minimum absolute atomic E-state index is 0.0163. The second-order valence-electron chi connectivity index (χ2n) is 4.84. The molecule has 0 aliphatic rings. The first-order chi connectivity index (χ1) is 11.7. The van der Waals surface area contributed by atoms with E-state index >= 15 is 0 Å². The van der Waals surface area contributed by atoms with Crippen LogP contribution in [0.15, 0.2) is 36.7 Å². The molecule has 0 saturated heterocycles. The van der Waals surface area contributed by atoms with Gasteiger partial charge in [-0.25, -0.2) is 4.79 Å². The first-order valence-corrected chi connectivity index (χ1v) is 7.28. The summed E-state index contributed by atoms with van der Waals surface area (Å²) < 4.78 is 38.8. The number of imide groups is 1. The molecule has 2 rings (SSSR count). The Labute approximate surface area is 145 Å². The van der Waals surface area contributed by atoms with Crippen LogP contribution in [0.1, 0.15) is 22.9 Å². The van der Waals surface area contributed by atoms with Gasteiger partial charge in [0.25, 0.3) is 0 Å². The molecule has 25 heavy (non-hydrogen) atoms. The van der Waals surface area contributed by atoms with Gasteiger partial charge >= 0.3 is 12.2 Å². The molecule has 6 nitrogen and oxygen atoms in total. The minimum atomic E-state index is -4.62. The molecule has 10 heteroatoms. The number of carbonyl (C=O) groups is 2. The Kier molecular flexibility index (Phi) is 5.58. The van der Waals surface area contributed by atoms with Crippen molar-refractivity contribution < 1.29 is 22.8 Å². The molecule has 0 spiro atoms. The van der Waals surface area contributed by atoms with Crippen LogP contribution in [0.25, 0.3) is 0 Å². The van der Waals surface area contributed by atoms with Crippen LogP contribution in [-0.2, 0) is 11.0 Å². The van der Waals surface area contributed by atoms with Gasteiger partial charge in [0.2, 0.25) is 5.91 Å². The average Bonchev–Trinajstić information content (AvgIpc) is 2.56. The highest BCUT2D eigenvalue weighted by Gasteiger charge is 2.34. The number of aromatic nitrogens is 2. The van der Waals surface area contributed by atoms with Gasteiger partial charge in [-0.1, -0.05) is 11.6 Å². The number of urea groups is 1. The second-order valence-corrected chi connectivity index (χ2v) is 5.25. The van der Waals surface area contributed by atoms with E-state index in [-0.39, 0.29) is 16.4 Å². The third-order valence-corrected chi connectivity index (χ3v) is 3.51. The maximum atomic E-state index is 12.9. The number of rotatable bonds is 3. The molecular weight excluding hydrogens is 361 g/mol. The van der Waals surface area contributed by atoms with Gasteiger partial charge in [0.1, 0.15) is 5.92 Å². The van der Waals surface area contributed by atoms with E-state index < -0.39 is 29.6 Å². The summed E-state index contributed by atoms with van der Waals surface area (Å²) in [7, 11) is 1.29. The molecule has 2 heterocycles. The Hall–Kier alpha value is -2.68. The fourth-order valence-corrected chi connectivity index (χ4v) is 2.27. The maximum absolute atomic E-state index is 12.9. The van der Waals surface area contributed by atoms with E-state index in [0.29, 0.717) is 0 Å². The monoisotopic (exact) mass is 372 g/mol. The Morgan fingerprint density at radius 1 is 1.20 bits per heavy atom. The summed E-state index contributed by atoms with van der Waals surface area (Å²) in [6.45, 7) is 0. The number of nitrogens with zero attached hydrogens (tertiary/aromatic N) is 2. The molecule has 0 aliphatic carbocycles. The van der Waals surface area contributed by atoms with E-state index in [0.717, 1.165) is 18.3 Å². The van der Waals surface area contributed by atoms with E-state index in [2.05, 4.69) is 15.3 Å². The average molecular weight is 373 g/mol. The third-order valence-electron chi connectivity index (χ3n) is 3.19. The molecule has 0 fully saturated rings. The molecule has 0 radical (unpaired) electrons. The summed E-state index contributed by atoms with van der Waals surface area (Å²) >= 11 is 6.02. The predicted octanol–water partition coefficient (Wildman–Crippen LogP) is 2.74. The molecular formula is C15H12ClF3N4O2. The number of alkyl halides is 3. The van der Waals surface area contributed by atoms with Crippen molar-refractivity contribution in [3.63, 3.8) is 0 Å². The summed E-state index contributed by atoms with van der Waals surface area (Å²) in [6.07, 6.45) is -2.36. The van der Waals surface area contributed by atoms with Gasteiger partial charge in [0.05, 0.1) is 22.0 Å². The van der Waals surface area contributed by atoms with E-state index in [4.69, 9.17) is 11.6 Å². The summed E-state index contributed by atoms with van der Waals surface area (Å²) in [5.41, 5.74) is -1.24.